The number of nitrogen functional groups attached to an aromatic ring is 1. The number of ether oxygens (including phenoxy) is 2. The molecule has 1 heterocycles. The van der Waals surface area contributed by atoms with E-state index in [2.05, 4.69) is 0 Å². The summed E-state index contributed by atoms with van der Waals surface area (Å²) in [5.74, 6) is 0. The van der Waals surface area contributed by atoms with Gasteiger partial charge in [-0.3, -0.25) is 0 Å². The van der Waals surface area contributed by atoms with E-state index in [0.29, 0.717) is 13.2 Å². The van der Waals surface area contributed by atoms with Gasteiger partial charge in [0.1, 0.15) is 0 Å². The highest BCUT2D eigenvalue weighted by atomic mass is 16.7. The fourth-order valence-corrected chi connectivity index (χ4v) is 1.36. The van der Waals surface area contributed by atoms with Gasteiger partial charge in [-0.15, -0.1) is 0 Å². The lowest BCUT2D eigenvalue weighted by Gasteiger charge is -2.10. The maximum absolute atomic E-state index is 5.78. The topological polar surface area (TPSA) is 44.5 Å². The lowest BCUT2D eigenvalue weighted by atomic mass is 10.1. The van der Waals surface area contributed by atoms with Gasteiger partial charge in [0.25, 0.3) is 0 Å². The average molecular weight is 179 g/mol. The molecule has 70 valence electrons. The van der Waals surface area contributed by atoms with Gasteiger partial charge in [0.15, 0.2) is 6.29 Å². The predicted molar refractivity (Wildman–Crippen MR) is 50.2 cm³/mol. The van der Waals surface area contributed by atoms with Crippen molar-refractivity contribution >= 4 is 5.69 Å². The molecule has 1 aliphatic heterocycles. The van der Waals surface area contributed by atoms with Crippen molar-refractivity contribution in [1.82, 2.24) is 0 Å². The Labute approximate surface area is 77.5 Å². The van der Waals surface area contributed by atoms with Crippen molar-refractivity contribution in [1.29, 1.82) is 0 Å². The molecule has 1 fully saturated rings. The third-order valence-corrected chi connectivity index (χ3v) is 2.20. The van der Waals surface area contributed by atoms with Gasteiger partial charge in [0.2, 0.25) is 0 Å². The quantitative estimate of drug-likeness (QED) is 0.666. The maximum Gasteiger partial charge on any atom is 0.184 e. The standard InChI is InChI=1S/C10H13NO2/c1-7-2-3-8(6-9(7)11)10-12-4-5-13-10/h2-3,6,10H,4-5,11H2,1H3. The first-order valence-corrected chi connectivity index (χ1v) is 4.36. The van der Waals surface area contributed by atoms with Crippen LogP contribution < -0.4 is 5.73 Å². The Kier molecular flexibility index (Phi) is 2.20. The first kappa shape index (κ1) is 8.53. The number of hydrogen-bond acceptors (Lipinski definition) is 3. The van der Waals surface area contributed by atoms with Gasteiger partial charge in [-0.1, -0.05) is 12.1 Å². The number of benzene rings is 1. The third-order valence-electron chi connectivity index (χ3n) is 2.20. The zero-order valence-electron chi connectivity index (χ0n) is 7.62. The van der Waals surface area contributed by atoms with Gasteiger partial charge in [-0.05, 0) is 18.6 Å². The highest BCUT2D eigenvalue weighted by molar-refractivity contribution is 5.48. The third kappa shape index (κ3) is 1.66. The molecule has 0 aromatic heterocycles. The first-order valence-electron chi connectivity index (χ1n) is 4.36. The Bertz CT molecular complexity index is 306. The molecule has 13 heavy (non-hydrogen) atoms. The molecule has 1 aromatic carbocycles. The van der Waals surface area contributed by atoms with E-state index < -0.39 is 0 Å². The van der Waals surface area contributed by atoms with E-state index in [1.54, 1.807) is 0 Å². The van der Waals surface area contributed by atoms with Crippen LogP contribution in [0.5, 0.6) is 0 Å². The predicted octanol–water partition coefficient (Wildman–Crippen LogP) is 1.62. The minimum absolute atomic E-state index is 0.220. The summed E-state index contributed by atoms with van der Waals surface area (Å²) >= 11 is 0. The number of hydrogen-bond donors (Lipinski definition) is 1. The molecule has 1 aromatic rings. The normalized spacial score (nSPS) is 17.9. The van der Waals surface area contributed by atoms with E-state index in [4.69, 9.17) is 15.2 Å². The highest BCUT2D eigenvalue weighted by Gasteiger charge is 2.18. The summed E-state index contributed by atoms with van der Waals surface area (Å²) in [5.41, 5.74) is 8.65. The molecule has 0 spiro atoms. The van der Waals surface area contributed by atoms with Crippen molar-refractivity contribution in [2.24, 2.45) is 0 Å². The van der Waals surface area contributed by atoms with Crippen LogP contribution in [0.3, 0.4) is 0 Å². The van der Waals surface area contributed by atoms with Gasteiger partial charge >= 0.3 is 0 Å². The summed E-state index contributed by atoms with van der Waals surface area (Å²) in [5, 5.41) is 0. The van der Waals surface area contributed by atoms with E-state index in [1.165, 1.54) is 0 Å². The second kappa shape index (κ2) is 3.36. The number of rotatable bonds is 1. The Balaban J connectivity index is 2.25. The van der Waals surface area contributed by atoms with Crippen LogP contribution in [-0.2, 0) is 9.47 Å². The molecule has 0 amide bonds. The average Bonchev–Trinajstić information content (AvgIpc) is 2.62. The van der Waals surface area contributed by atoms with E-state index >= 15 is 0 Å². The van der Waals surface area contributed by atoms with Crippen LogP contribution in [0.1, 0.15) is 17.4 Å². The Morgan fingerprint density at radius 3 is 2.62 bits per heavy atom. The molecule has 0 bridgehead atoms. The van der Waals surface area contributed by atoms with Crippen LogP contribution in [0.25, 0.3) is 0 Å². The van der Waals surface area contributed by atoms with Crippen LogP contribution in [0.15, 0.2) is 18.2 Å². The van der Waals surface area contributed by atoms with Crippen LogP contribution in [0.2, 0.25) is 0 Å². The van der Waals surface area contributed by atoms with Crippen molar-refractivity contribution in [2.45, 2.75) is 13.2 Å². The number of anilines is 1. The molecule has 0 atom stereocenters. The van der Waals surface area contributed by atoms with Gasteiger partial charge in [0, 0.05) is 11.3 Å². The SMILES string of the molecule is Cc1ccc(C2OCCO2)cc1N. The largest absolute Gasteiger partial charge is 0.399 e. The summed E-state index contributed by atoms with van der Waals surface area (Å²) in [7, 11) is 0. The highest BCUT2D eigenvalue weighted by Crippen LogP contribution is 2.25. The molecular formula is C10H13NO2. The molecule has 0 unspecified atom stereocenters. The Morgan fingerprint density at radius 2 is 2.00 bits per heavy atom. The first-order chi connectivity index (χ1) is 6.27. The van der Waals surface area contributed by atoms with Crippen LogP contribution >= 0.6 is 0 Å². The zero-order chi connectivity index (χ0) is 9.26. The number of nitrogens with two attached hydrogens (primary N) is 1. The summed E-state index contributed by atoms with van der Waals surface area (Å²) < 4.78 is 10.7. The fraction of sp³-hybridized carbons (Fsp3) is 0.400. The van der Waals surface area contributed by atoms with E-state index in [9.17, 15) is 0 Å². The van der Waals surface area contributed by atoms with Gasteiger partial charge in [-0.25, -0.2) is 0 Å². The van der Waals surface area contributed by atoms with Gasteiger partial charge in [0.05, 0.1) is 13.2 Å². The van der Waals surface area contributed by atoms with Crippen molar-refractivity contribution in [3.8, 4) is 0 Å². The van der Waals surface area contributed by atoms with Crippen molar-refractivity contribution in [3.63, 3.8) is 0 Å². The van der Waals surface area contributed by atoms with Gasteiger partial charge in [-0.2, -0.15) is 0 Å². The van der Waals surface area contributed by atoms with Gasteiger partial charge < -0.3 is 15.2 Å². The van der Waals surface area contributed by atoms with Crippen LogP contribution in [0.4, 0.5) is 5.69 Å². The van der Waals surface area contributed by atoms with Crippen molar-refractivity contribution in [2.75, 3.05) is 18.9 Å². The van der Waals surface area contributed by atoms with Crippen LogP contribution in [-0.4, -0.2) is 13.2 Å². The summed E-state index contributed by atoms with van der Waals surface area (Å²) in [4.78, 5) is 0. The summed E-state index contributed by atoms with van der Waals surface area (Å²) in [6, 6.07) is 5.88. The molecule has 1 aliphatic rings. The van der Waals surface area contributed by atoms with Crippen molar-refractivity contribution in [3.05, 3.63) is 29.3 Å². The molecule has 1 saturated heterocycles. The Morgan fingerprint density at radius 1 is 1.31 bits per heavy atom. The maximum atomic E-state index is 5.78. The summed E-state index contributed by atoms with van der Waals surface area (Å²) in [6.07, 6.45) is -0.220. The molecule has 2 rings (SSSR count). The lowest BCUT2D eigenvalue weighted by molar-refractivity contribution is -0.0440. The van der Waals surface area contributed by atoms with Crippen LogP contribution in [0, 0.1) is 6.92 Å². The zero-order valence-corrected chi connectivity index (χ0v) is 7.62. The smallest absolute Gasteiger partial charge is 0.184 e. The Hall–Kier alpha value is -1.06. The number of aryl methyl sites for hydroxylation is 1. The fourth-order valence-electron chi connectivity index (χ4n) is 1.36. The monoisotopic (exact) mass is 179 g/mol. The van der Waals surface area contributed by atoms with E-state index in [1.807, 2.05) is 25.1 Å². The van der Waals surface area contributed by atoms with E-state index in [-0.39, 0.29) is 6.29 Å². The second-order valence-corrected chi connectivity index (χ2v) is 3.19. The molecule has 0 saturated carbocycles. The summed E-state index contributed by atoms with van der Waals surface area (Å²) in [6.45, 7) is 3.31. The minimum Gasteiger partial charge on any atom is -0.399 e. The molecular weight excluding hydrogens is 166 g/mol. The van der Waals surface area contributed by atoms with Crippen molar-refractivity contribution < 1.29 is 9.47 Å². The molecule has 0 radical (unpaired) electrons. The van der Waals surface area contributed by atoms with E-state index in [0.717, 1.165) is 16.8 Å². The molecule has 2 N–H and O–H groups in total. The molecule has 3 heteroatoms. The lowest BCUT2D eigenvalue weighted by Crippen LogP contribution is -2.00. The second-order valence-electron chi connectivity index (χ2n) is 3.19. The molecule has 0 aliphatic carbocycles. The minimum atomic E-state index is -0.220. The molecule has 3 nitrogen and oxygen atoms in total.